The Hall–Kier alpha value is -2.29. The number of hydrogen-bond acceptors (Lipinski definition) is 5. The van der Waals surface area contributed by atoms with Gasteiger partial charge in [-0.1, -0.05) is 11.3 Å². The number of benzene rings is 1. The first kappa shape index (κ1) is 16.6. The molecule has 1 saturated heterocycles. The molecule has 0 atom stereocenters. The number of rotatable bonds is 2. The number of thiazole rings is 1. The Morgan fingerprint density at radius 2 is 1.75 bits per heavy atom. The summed E-state index contributed by atoms with van der Waals surface area (Å²) in [5.41, 5.74) is 0.467. The molecular formula is C15H14F3N3O2S. The minimum absolute atomic E-state index is 0.0839. The number of piperazine rings is 1. The number of hydrogen-bond donors (Lipinski definition) is 1. The molecule has 3 rings (SSSR count). The molecule has 1 amide bonds. The maximum atomic E-state index is 12.6. The van der Waals surface area contributed by atoms with Crippen molar-refractivity contribution in [3.05, 3.63) is 40.9 Å². The topological polar surface area (TPSA) is 56.7 Å². The first-order chi connectivity index (χ1) is 11.3. The van der Waals surface area contributed by atoms with Crippen molar-refractivity contribution in [1.82, 2.24) is 9.88 Å². The molecule has 2 aromatic rings. The van der Waals surface area contributed by atoms with Gasteiger partial charge in [0, 0.05) is 31.7 Å². The van der Waals surface area contributed by atoms with Crippen molar-refractivity contribution in [2.45, 2.75) is 6.18 Å². The standard InChI is InChI=1S/C15H14F3N3O2S/c16-15(17,18)12-9-19-14(24-12)21-7-5-20(6-8-21)13(23)10-1-3-11(22)4-2-10/h1-4,9,22H,5-8H2. The Balaban J connectivity index is 1.62. The van der Waals surface area contributed by atoms with E-state index in [2.05, 4.69) is 4.98 Å². The predicted molar refractivity (Wildman–Crippen MR) is 83.3 cm³/mol. The molecule has 1 aromatic heterocycles. The first-order valence-corrected chi connectivity index (χ1v) is 8.02. The van der Waals surface area contributed by atoms with E-state index < -0.39 is 11.1 Å². The van der Waals surface area contributed by atoms with Crippen LogP contribution in [0.1, 0.15) is 15.2 Å². The maximum Gasteiger partial charge on any atom is 0.427 e. The molecule has 5 nitrogen and oxygen atoms in total. The van der Waals surface area contributed by atoms with Gasteiger partial charge in [0.2, 0.25) is 0 Å². The number of nitrogens with zero attached hydrogens (tertiary/aromatic N) is 3. The van der Waals surface area contributed by atoms with Crippen LogP contribution in [-0.4, -0.2) is 47.1 Å². The van der Waals surface area contributed by atoms with Gasteiger partial charge in [0.25, 0.3) is 5.91 Å². The molecule has 0 aliphatic carbocycles. The number of amides is 1. The number of carbonyl (C=O) groups excluding carboxylic acids is 1. The molecule has 1 aliphatic rings. The van der Waals surface area contributed by atoms with Crippen LogP contribution >= 0.6 is 11.3 Å². The molecule has 0 bridgehead atoms. The highest BCUT2D eigenvalue weighted by molar-refractivity contribution is 7.15. The third-order valence-electron chi connectivity index (χ3n) is 3.72. The maximum absolute atomic E-state index is 12.6. The minimum Gasteiger partial charge on any atom is -0.508 e. The molecule has 9 heteroatoms. The van der Waals surface area contributed by atoms with Gasteiger partial charge in [0.1, 0.15) is 10.6 Å². The van der Waals surface area contributed by atoms with Crippen molar-refractivity contribution in [1.29, 1.82) is 0 Å². The van der Waals surface area contributed by atoms with Gasteiger partial charge in [0.05, 0.1) is 6.20 Å². The highest BCUT2D eigenvalue weighted by Gasteiger charge is 2.34. The van der Waals surface area contributed by atoms with E-state index >= 15 is 0 Å². The summed E-state index contributed by atoms with van der Waals surface area (Å²) in [6.07, 6.45) is -3.54. The molecule has 1 fully saturated rings. The van der Waals surface area contributed by atoms with Gasteiger partial charge in [-0.2, -0.15) is 13.2 Å². The quantitative estimate of drug-likeness (QED) is 0.898. The number of aromatic nitrogens is 1. The van der Waals surface area contributed by atoms with E-state index in [1.54, 1.807) is 21.9 Å². The SMILES string of the molecule is O=C(c1ccc(O)cc1)N1CCN(c2ncc(C(F)(F)F)s2)CC1. The molecule has 0 saturated carbocycles. The summed E-state index contributed by atoms with van der Waals surface area (Å²) < 4.78 is 37.9. The van der Waals surface area contributed by atoms with E-state index in [4.69, 9.17) is 0 Å². The van der Waals surface area contributed by atoms with E-state index in [9.17, 15) is 23.1 Å². The minimum atomic E-state index is -4.38. The molecule has 1 N–H and O–H groups in total. The number of anilines is 1. The van der Waals surface area contributed by atoms with Crippen LogP contribution in [0.4, 0.5) is 18.3 Å². The lowest BCUT2D eigenvalue weighted by Crippen LogP contribution is -2.48. The lowest BCUT2D eigenvalue weighted by molar-refractivity contribution is -0.134. The van der Waals surface area contributed by atoms with Crippen LogP contribution in [0.2, 0.25) is 0 Å². The summed E-state index contributed by atoms with van der Waals surface area (Å²) >= 11 is 0.613. The fourth-order valence-corrected chi connectivity index (χ4v) is 3.26. The Morgan fingerprint density at radius 3 is 2.29 bits per heavy atom. The third-order valence-corrected chi connectivity index (χ3v) is 4.83. The number of aromatic hydroxyl groups is 1. The van der Waals surface area contributed by atoms with Crippen molar-refractivity contribution in [3.8, 4) is 5.75 Å². The second-order valence-corrected chi connectivity index (χ2v) is 6.34. The van der Waals surface area contributed by atoms with Crippen LogP contribution in [0.3, 0.4) is 0 Å². The van der Waals surface area contributed by atoms with Gasteiger partial charge in [-0.3, -0.25) is 4.79 Å². The van der Waals surface area contributed by atoms with Gasteiger partial charge in [0.15, 0.2) is 5.13 Å². The van der Waals surface area contributed by atoms with Crippen molar-refractivity contribution in [3.63, 3.8) is 0 Å². The van der Waals surface area contributed by atoms with Crippen molar-refractivity contribution >= 4 is 22.4 Å². The molecule has 1 aromatic carbocycles. The lowest BCUT2D eigenvalue weighted by Gasteiger charge is -2.34. The average Bonchev–Trinajstić information content (AvgIpc) is 3.05. The molecule has 0 radical (unpaired) electrons. The Bertz CT molecular complexity index is 722. The summed E-state index contributed by atoms with van der Waals surface area (Å²) in [7, 11) is 0. The van der Waals surface area contributed by atoms with Crippen LogP contribution in [0.5, 0.6) is 5.75 Å². The Labute approximate surface area is 140 Å². The highest BCUT2D eigenvalue weighted by Crippen LogP contribution is 2.36. The van der Waals surface area contributed by atoms with Gasteiger partial charge in [-0.15, -0.1) is 0 Å². The number of carbonyl (C=O) groups is 1. The monoisotopic (exact) mass is 357 g/mol. The molecule has 128 valence electrons. The van der Waals surface area contributed by atoms with Crippen LogP contribution in [0.15, 0.2) is 30.5 Å². The fourth-order valence-electron chi connectivity index (χ4n) is 2.43. The zero-order chi connectivity index (χ0) is 17.3. The average molecular weight is 357 g/mol. The second-order valence-electron chi connectivity index (χ2n) is 5.33. The summed E-state index contributed by atoms with van der Waals surface area (Å²) in [6.45, 7) is 1.66. The molecule has 24 heavy (non-hydrogen) atoms. The third kappa shape index (κ3) is 3.45. The van der Waals surface area contributed by atoms with Crippen molar-refractivity contribution in [2.24, 2.45) is 0 Å². The summed E-state index contributed by atoms with van der Waals surface area (Å²) in [5.74, 6) is -0.0784. The number of halogens is 3. The van der Waals surface area contributed by atoms with Gasteiger partial charge >= 0.3 is 6.18 Å². The fraction of sp³-hybridized carbons (Fsp3) is 0.333. The Morgan fingerprint density at radius 1 is 1.12 bits per heavy atom. The van der Waals surface area contributed by atoms with Crippen LogP contribution in [-0.2, 0) is 6.18 Å². The zero-order valence-electron chi connectivity index (χ0n) is 12.5. The summed E-state index contributed by atoms with van der Waals surface area (Å²) in [5, 5.41) is 9.57. The molecule has 0 unspecified atom stereocenters. The second kappa shape index (κ2) is 6.31. The number of phenols is 1. The van der Waals surface area contributed by atoms with E-state index in [1.807, 2.05) is 0 Å². The van der Waals surface area contributed by atoms with Gasteiger partial charge in [-0.05, 0) is 24.3 Å². The van der Waals surface area contributed by atoms with Gasteiger partial charge < -0.3 is 14.9 Å². The first-order valence-electron chi connectivity index (χ1n) is 7.21. The van der Waals surface area contributed by atoms with Gasteiger partial charge in [-0.25, -0.2) is 4.98 Å². The van der Waals surface area contributed by atoms with E-state index in [0.29, 0.717) is 48.2 Å². The lowest BCUT2D eigenvalue weighted by atomic mass is 10.2. The Kier molecular flexibility index (Phi) is 4.35. The van der Waals surface area contributed by atoms with Crippen molar-refractivity contribution < 1.29 is 23.1 Å². The normalized spacial score (nSPS) is 15.6. The van der Waals surface area contributed by atoms with E-state index in [1.165, 1.54) is 12.1 Å². The summed E-state index contributed by atoms with van der Waals surface area (Å²) in [6, 6.07) is 5.97. The molecule has 1 aliphatic heterocycles. The number of alkyl halides is 3. The van der Waals surface area contributed by atoms with E-state index in [-0.39, 0.29) is 11.7 Å². The molecule has 0 spiro atoms. The van der Waals surface area contributed by atoms with Crippen molar-refractivity contribution in [2.75, 3.05) is 31.1 Å². The zero-order valence-corrected chi connectivity index (χ0v) is 13.3. The van der Waals surface area contributed by atoms with Crippen LogP contribution in [0, 0.1) is 0 Å². The predicted octanol–water partition coefficient (Wildman–Crippen LogP) is 2.83. The largest absolute Gasteiger partial charge is 0.508 e. The van der Waals surface area contributed by atoms with Crippen LogP contribution in [0.25, 0.3) is 0 Å². The molecular weight excluding hydrogens is 343 g/mol. The van der Waals surface area contributed by atoms with Crippen LogP contribution < -0.4 is 4.90 Å². The number of phenolic OH excluding ortho intramolecular Hbond substituents is 1. The smallest absolute Gasteiger partial charge is 0.427 e. The highest BCUT2D eigenvalue weighted by atomic mass is 32.1. The van der Waals surface area contributed by atoms with E-state index in [0.717, 1.165) is 6.20 Å². The molecule has 2 heterocycles. The summed E-state index contributed by atoms with van der Waals surface area (Å²) in [4.78, 5) is 18.9.